The van der Waals surface area contributed by atoms with Crippen LogP contribution in [0.2, 0.25) is 0 Å². The molecule has 9 nitrogen and oxygen atoms in total. The van der Waals surface area contributed by atoms with E-state index in [-0.39, 0.29) is 23.8 Å². The summed E-state index contributed by atoms with van der Waals surface area (Å²) in [6, 6.07) is 6.09. The van der Waals surface area contributed by atoms with E-state index in [9.17, 15) is 18.0 Å². The van der Waals surface area contributed by atoms with Gasteiger partial charge in [0.15, 0.2) is 0 Å². The van der Waals surface area contributed by atoms with Gasteiger partial charge in [-0.3, -0.25) is 4.79 Å². The quantitative estimate of drug-likeness (QED) is 0.459. The molecule has 0 spiro atoms. The van der Waals surface area contributed by atoms with Gasteiger partial charge in [-0.05, 0) is 56.5 Å². The largest absolute Gasteiger partial charge is 0.460 e. The van der Waals surface area contributed by atoms with Crippen molar-refractivity contribution in [1.82, 2.24) is 9.29 Å². The summed E-state index contributed by atoms with van der Waals surface area (Å²) in [5.41, 5.74) is 2.01. The van der Waals surface area contributed by atoms with Crippen molar-refractivity contribution in [2.75, 3.05) is 38.7 Å². The lowest BCUT2D eigenvalue weighted by Crippen LogP contribution is -2.35. The lowest BCUT2D eigenvalue weighted by Gasteiger charge is -2.25. The number of aromatic amines is 1. The Labute approximate surface area is 188 Å². The van der Waals surface area contributed by atoms with E-state index in [4.69, 9.17) is 9.47 Å². The zero-order valence-electron chi connectivity index (χ0n) is 18.6. The second kappa shape index (κ2) is 10.3. The number of rotatable bonds is 8. The number of methoxy groups -OCH3 is 1. The minimum atomic E-state index is -3.53. The number of sulfonamides is 1. The number of ether oxygens (including phenoxy) is 2. The molecular formula is C22H29N3O6S. The molecule has 3 rings (SSSR count). The van der Waals surface area contributed by atoms with Gasteiger partial charge in [0.25, 0.3) is 5.91 Å². The summed E-state index contributed by atoms with van der Waals surface area (Å²) in [4.78, 5) is 28.2. The Kier molecular flexibility index (Phi) is 7.70. The summed E-state index contributed by atoms with van der Waals surface area (Å²) in [5.74, 6) is -0.965. The van der Waals surface area contributed by atoms with Gasteiger partial charge >= 0.3 is 5.97 Å². The van der Waals surface area contributed by atoms with Crippen molar-refractivity contribution in [3.05, 3.63) is 46.8 Å². The SMILES string of the molecule is COCCOC(=O)c1c(C)[nH]c(C(=O)Nc2ccc(S(=O)(=O)N3CCCCC3)cc2)c1C. The molecule has 32 heavy (non-hydrogen) atoms. The lowest BCUT2D eigenvalue weighted by atomic mass is 10.1. The molecule has 1 aromatic heterocycles. The fourth-order valence-electron chi connectivity index (χ4n) is 3.73. The first kappa shape index (κ1) is 24.0. The highest BCUT2D eigenvalue weighted by atomic mass is 32.2. The van der Waals surface area contributed by atoms with Crippen LogP contribution in [0.25, 0.3) is 0 Å². The standard InChI is InChI=1S/C22H29N3O6S/c1-15-19(22(27)31-14-13-30-3)16(2)23-20(15)21(26)24-17-7-9-18(10-8-17)32(28,29)25-11-5-4-6-12-25/h7-10,23H,4-6,11-14H2,1-3H3,(H,24,26). The predicted molar refractivity (Wildman–Crippen MR) is 119 cm³/mol. The van der Waals surface area contributed by atoms with Crippen LogP contribution < -0.4 is 5.32 Å². The molecule has 10 heteroatoms. The Morgan fingerprint density at radius 3 is 2.34 bits per heavy atom. The van der Waals surface area contributed by atoms with Crippen LogP contribution >= 0.6 is 0 Å². The third-order valence-electron chi connectivity index (χ3n) is 5.45. The normalized spacial score (nSPS) is 14.8. The van der Waals surface area contributed by atoms with E-state index < -0.39 is 21.9 Å². The van der Waals surface area contributed by atoms with Crippen molar-refractivity contribution >= 4 is 27.6 Å². The van der Waals surface area contributed by atoms with Crippen molar-refractivity contribution < 1.29 is 27.5 Å². The van der Waals surface area contributed by atoms with Gasteiger partial charge in [-0.15, -0.1) is 0 Å². The molecule has 0 saturated carbocycles. The summed E-state index contributed by atoms with van der Waals surface area (Å²) in [7, 11) is -2.02. The van der Waals surface area contributed by atoms with Crippen LogP contribution in [-0.4, -0.2) is 63.0 Å². The number of carbonyl (C=O) groups is 2. The van der Waals surface area contributed by atoms with Gasteiger partial charge in [0.1, 0.15) is 12.3 Å². The summed E-state index contributed by atoms with van der Waals surface area (Å²) in [5, 5.41) is 2.74. The maximum absolute atomic E-state index is 12.8. The fraction of sp³-hybridized carbons (Fsp3) is 0.455. The van der Waals surface area contributed by atoms with E-state index >= 15 is 0 Å². The lowest BCUT2D eigenvalue weighted by molar-refractivity contribution is 0.0386. The minimum absolute atomic E-state index is 0.119. The van der Waals surface area contributed by atoms with Gasteiger partial charge < -0.3 is 19.8 Å². The van der Waals surface area contributed by atoms with Crippen molar-refractivity contribution in [1.29, 1.82) is 0 Å². The summed E-state index contributed by atoms with van der Waals surface area (Å²) in [6.45, 7) is 4.82. The Hall–Kier alpha value is -2.69. The predicted octanol–water partition coefficient (Wildman–Crippen LogP) is 2.86. The molecule has 1 aliphatic rings. The number of nitrogens with one attached hydrogen (secondary N) is 2. The molecule has 0 atom stereocenters. The molecule has 0 aliphatic carbocycles. The van der Waals surface area contributed by atoms with Gasteiger partial charge in [-0.2, -0.15) is 4.31 Å². The maximum atomic E-state index is 12.8. The number of H-pyrrole nitrogens is 1. The van der Waals surface area contributed by atoms with E-state index in [1.54, 1.807) is 26.0 Å². The minimum Gasteiger partial charge on any atom is -0.460 e. The fourth-order valence-corrected chi connectivity index (χ4v) is 5.25. The van der Waals surface area contributed by atoms with Gasteiger partial charge in [0.05, 0.1) is 17.1 Å². The molecule has 2 heterocycles. The first-order chi connectivity index (χ1) is 15.3. The zero-order valence-corrected chi connectivity index (χ0v) is 19.4. The maximum Gasteiger partial charge on any atom is 0.340 e. The molecule has 0 unspecified atom stereocenters. The highest BCUT2D eigenvalue weighted by Crippen LogP contribution is 2.23. The van der Waals surface area contributed by atoms with Gasteiger partial charge in [-0.25, -0.2) is 13.2 Å². The monoisotopic (exact) mass is 463 g/mol. The second-order valence-corrected chi connectivity index (χ2v) is 9.63. The third-order valence-corrected chi connectivity index (χ3v) is 7.37. The first-order valence-electron chi connectivity index (χ1n) is 10.5. The molecule has 1 aliphatic heterocycles. The Bertz CT molecular complexity index is 1070. The molecule has 1 saturated heterocycles. The van der Waals surface area contributed by atoms with E-state index in [1.165, 1.54) is 23.5 Å². The molecule has 174 valence electrons. The summed E-state index contributed by atoms with van der Waals surface area (Å²) < 4.78 is 37.1. The number of aromatic nitrogens is 1. The Balaban J connectivity index is 1.71. The van der Waals surface area contributed by atoms with Crippen LogP contribution in [0.15, 0.2) is 29.2 Å². The van der Waals surface area contributed by atoms with E-state index in [0.717, 1.165) is 19.3 Å². The van der Waals surface area contributed by atoms with Crippen molar-refractivity contribution in [3.63, 3.8) is 0 Å². The highest BCUT2D eigenvalue weighted by Gasteiger charge is 2.26. The number of carbonyl (C=O) groups excluding carboxylic acids is 2. The van der Waals surface area contributed by atoms with Crippen LogP contribution in [0, 0.1) is 13.8 Å². The molecule has 2 N–H and O–H groups in total. The van der Waals surface area contributed by atoms with E-state index in [2.05, 4.69) is 10.3 Å². The second-order valence-electron chi connectivity index (χ2n) is 7.70. The van der Waals surface area contributed by atoms with Crippen LogP contribution in [-0.2, 0) is 19.5 Å². The molecule has 1 amide bonds. The summed E-state index contributed by atoms with van der Waals surface area (Å²) in [6.07, 6.45) is 2.77. The van der Waals surface area contributed by atoms with Crippen LogP contribution in [0.3, 0.4) is 0 Å². The number of piperidine rings is 1. The number of amides is 1. The average Bonchev–Trinajstić information content (AvgIpc) is 3.09. The molecule has 0 bridgehead atoms. The third kappa shape index (κ3) is 5.20. The highest BCUT2D eigenvalue weighted by molar-refractivity contribution is 7.89. The van der Waals surface area contributed by atoms with Crippen LogP contribution in [0.4, 0.5) is 5.69 Å². The van der Waals surface area contributed by atoms with Gasteiger partial charge in [-0.1, -0.05) is 6.42 Å². The molecule has 2 aromatic rings. The average molecular weight is 464 g/mol. The Morgan fingerprint density at radius 2 is 1.72 bits per heavy atom. The van der Waals surface area contributed by atoms with E-state index in [1.807, 2.05) is 0 Å². The number of nitrogens with zero attached hydrogens (tertiary/aromatic N) is 1. The number of hydrogen-bond donors (Lipinski definition) is 2. The van der Waals surface area contributed by atoms with Crippen molar-refractivity contribution in [3.8, 4) is 0 Å². The smallest absolute Gasteiger partial charge is 0.340 e. The van der Waals surface area contributed by atoms with Crippen LogP contribution in [0.1, 0.15) is 51.4 Å². The van der Waals surface area contributed by atoms with Crippen molar-refractivity contribution in [2.24, 2.45) is 0 Å². The topological polar surface area (TPSA) is 118 Å². The zero-order chi connectivity index (χ0) is 23.3. The number of anilines is 1. The number of benzene rings is 1. The number of esters is 1. The number of hydrogen-bond acceptors (Lipinski definition) is 6. The molecule has 1 aromatic carbocycles. The van der Waals surface area contributed by atoms with E-state index in [0.29, 0.717) is 35.6 Å². The molecular weight excluding hydrogens is 434 g/mol. The number of aryl methyl sites for hydroxylation is 1. The first-order valence-corrected chi connectivity index (χ1v) is 12.0. The van der Waals surface area contributed by atoms with Gasteiger partial charge in [0, 0.05) is 31.6 Å². The molecule has 1 fully saturated rings. The van der Waals surface area contributed by atoms with Gasteiger partial charge in [0.2, 0.25) is 10.0 Å². The summed E-state index contributed by atoms with van der Waals surface area (Å²) >= 11 is 0. The van der Waals surface area contributed by atoms with Crippen LogP contribution in [0.5, 0.6) is 0 Å². The van der Waals surface area contributed by atoms with Crippen molar-refractivity contribution in [2.45, 2.75) is 38.0 Å². The molecule has 0 radical (unpaired) electrons. The Morgan fingerprint density at radius 1 is 1.06 bits per heavy atom.